The van der Waals surface area contributed by atoms with Crippen LogP contribution in [0.5, 0.6) is 0 Å². The van der Waals surface area contributed by atoms with Crippen molar-refractivity contribution in [2.24, 2.45) is 10.8 Å². The van der Waals surface area contributed by atoms with Gasteiger partial charge in [0, 0.05) is 18.8 Å². The van der Waals surface area contributed by atoms with Crippen LogP contribution in [0.3, 0.4) is 0 Å². The van der Waals surface area contributed by atoms with E-state index in [-0.39, 0.29) is 13.8 Å². The van der Waals surface area contributed by atoms with Gasteiger partial charge in [-0.15, -0.1) is 0 Å². The SMILES string of the molecule is CCC(C)(CC(C)(C)C(=O)OC)C(=O)[O-].[CH3+]. The van der Waals surface area contributed by atoms with Crippen LogP contribution in [-0.4, -0.2) is 19.0 Å². The normalized spacial score (nSPS) is 14.6. The van der Waals surface area contributed by atoms with Gasteiger partial charge in [0.25, 0.3) is 0 Å². The lowest BCUT2D eigenvalue weighted by Gasteiger charge is -2.36. The lowest BCUT2D eigenvalue weighted by Crippen LogP contribution is -2.44. The number of hydrogen-bond donors (Lipinski definition) is 0. The number of carbonyl (C=O) groups is 2. The minimum atomic E-state index is -1.12. The Labute approximate surface area is 98.0 Å². The molecule has 0 aromatic rings. The number of carboxylic acid groups (broad SMARTS) is 1. The van der Waals surface area contributed by atoms with E-state index < -0.39 is 22.8 Å². The Hall–Kier alpha value is -1.19. The average Bonchev–Trinajstić information content (AvgIpc) is 2.15. The number of rotatable bonds is 5. The zero-order valence-electron chi connectivity index (χ0n) is 11.0. The highest BCUT2D eigenvalue weighted by atomic mass is 16.5. The van der Waals surface area contributed by atoms with Crippen LogP contribution in [0.15, 0.2) is 0 Å². The van der Waals surface area contributed by atoms with Crippen LogP contribution >= 0.6 is 0 Å². The van der Waals surface area contributed by atoms with Crippen LogP contribution in [-0.2, 0) is 14.3 Å². The number of ether oxygens (including phenoxy) is 1. The van der Waals surface area contributed by atoms with Gasteiger partial charge in [0.05, 0.1) is 12.5 Å². The van der Waals surface area contributed by atoms with Crippen LogP contribution in [0.25, 0.3) is 0 Å². The first kappa shape index (κ1) is 17.2. The van der Waals surface area contributed by atoms with Crippen molar-refractivity contribution < 1.29 is 19.4 Å². The zero-order valence-corrected chi connectivity index (χ0v) is 11.0. The molecular formula is C12H22O4. The lowest BCUT2D eigenvalue weighted by molar-refractivity contribution is -0.319. The van der Waals surface area contributed by atoms with Crippen molar-refractivity contribution >= 4 is 11.9 Å². The molecule has 0 saturated heterocycles. The van der Waals surface area contributed by atoms with Gasteiger partial charge in [-0.1, -0.05) is 13.8 Å². The summed E-state index contributed by atoms with van der Waals surface area (Å²) in [5, 5.41) is 11.0. The van der Waals surface area contributed by atoms with E-state index in [0.29, 0.717) is 6.42 Å². The summed E-state index contributed by atoms with van der Waals surface area (Å²) in [4.78, 5) is 22.4. The number of carbonyl (C=O) groups excluding carboxylic acids is 2. The summed E-state index contributed by atoms with van der Waals surface area (Å²) in [6, 6.07) is 0. The first-order valence-electron chi connectivity index (χ1n) is 4.99. The fourth-order valence-corrected chi connectivity index (χ4v) is 1.67. The summed E-state index contributed by atoms with van der Waals surface area (Å²) in [5.74, 6) is -1.52. The summed E-state index contributed by atoms with van der Waals surface area (Å²) in [7, 11) is 1.30. The summed E-state index contributed by atoms with van der Waals surface area (Å²) < 4.78 is 4.63. The van der Waals surface area contributed by atoms with E-state index in [1.807, 2.05) is 0 Å². The number of esters is 1. The molecule has 0 N–H and O–H groups in total. The molecule has 0 aromatic carbocycles. The monoisotopic (exact) mass is 230 g/mol. The topological polar surface area (TPSA) is 66.4 Å². The van der Waals surface area contributed by atoms with Crippen molar-refractivity contribution in [2.75, 3.05) is 7.11 Å². The van der Waals surface area contributed by atoms with Gasteiger partial charge in [0.1, 0.15) is 0 Å². The first-order valence-corrected chi connectivity index (χ1v) is 4.99. The van der Waals surface area contributed by atoms with Crippen LogP contribution in [0, 0.1) is 18.3 Å². The van der Waals surface area contributed by atoms with Crippen LogP contribution in [0.4, 0.5) is 0 Å². The second-order valence-electron chi connectivity index (χ2n) is 4.75. The molecule has 0 fully saturated rings. The smallest absolute Gasteiger partial charge is 0.311 e. The second kappa shape index (κ2) is 5.77. The molecule has 0 aliphatic heterocycles. The molecule has 0 aromatic heterocycles. The van der Waals surface area contributed by atoms with E-state index in [9.17, 15) is 14.7 Å². The van der Waals surface area contributed by atoms with Gasteiger partial charge in [-0.25, -0.2) is 0 Å². The van der Waals surface area contributed by atoms with Gasteiger partial charge in [-0.3, -0.25) is 4.79 Å². The number of carboxylic acids is 1. The van der Waals surface area contributed by atoms with Crippen molar-refractivity contribution in [3.63, 3.8) is 0 Å². The molecule has 0 amide bonds. The van der Waals surface area contributed by atoms with E-state index in [2.05, 4.69) is 4.74 Å². The summed E-state index contributed by atoms with van der Waals surface area (Å²) in [6.45, 7) is 6.71. The van der Waals surface area contributed by atoms with Crippen molar-refractivity contribution in [3.8, 4) is 0 Å². The molecule has 0 spiro atoms. The Morgan fingerprint density at radius 1 is 1.25 bits per heavy atom. The Morgan fingerprint density at radius 3 is 1.94 bits per heavy atom. The molecule has 0 heterocycles. The molecule has 0 saturated carbocycles. The molecule has 0 aliphatic carbocycles. The quantitative estimate of drug-likeness (QED) is 0.525. The standard InChI is InChI=1S/C11H20O4.CH3/c1-6-11(4,8(12)13)7-10(2,3)9(14)15-5;/h6-7H2,1-5H3,(H,12,13);1H3/q;+1/p-1. The van der Waals surface area contributed by atoms with E-state index in [0.717, 1.165) is 0 Å². The molecular weight excluding hydrogens is 208 g/mol. The molecule has 4 nitrogen and oxygen atoms in total. The average molecular weight is 230 g/mol. The number of hydrogen-bond acceptors (Lipinski definition) is 4. The maximum atomic E-state index is 11.4. The molecule has 0 rings (SSSR count). The number of aliphatic carboxylic acids is 1. The molecule has 4 heteroatoms. The molecule has 0 bridgehead atoms. The highest BCUT2D eigenvalue weighted by molar-refractivity contribution is 5.78. The molecule has 0 radical (unpaired) electrons. The third-order valence-corrected chi connectivity index (χ3v) is 2.84. The molecule has 1 atom stereocenters. The van der Waals surface area contributed by atoms with Gasteiger partial charge in [-0.2, -0.15) is 0 Å². The van der Waals surface area contributed by atoms with E-state index in [1.54, 1.807) is 27.7 Å². The van der Waals surface area contributed by atoms with Gasteiger partial charge < -0.3 is 14.6 Å². The predicted molar refractivity (Wildman–Crippen MR) is 60.2 cm³/mol. The Kier molecular flexibility index (Phi) is 6.21. The zero-order chi connectivity index (χ0) is 12.3. The Bertz CT molecular complexity index is 258. The lowest BCUT2D eigenvalue weighted by atomic mass is 9.72. The third-order valence-electron chi connectivity index (χ3n) is 2.84. The van der Waals surface area contributed by atoms with Crippen LogP contribution < -0.4 is 5.11 Å². The van der Waals surface area contributed by atoms with E-state index in [1.165, 1.54) is 7.11 Å². The van der Waals surface area contributed by atoms with E-state index in [4.69, 9.17) is 0 Å². The number of methoxy groups -OCH3 is 1. The van der Waals surface area contributed by atoms with Gasteiger partial charge in [0.15, 0.2) is 0 Å². The van der Waals surface area contributed by atoms with Crippen molar-refractivity contribution in [1.29, 1.82) is 0 Å². The fraction of sp³-hybridized carbons (Fsp3) is 0.750. The highest BCUT2D eigenvalue weighted by Gasteiger charge is 2.37. The maximum absolute atomic E-state index is 11.4. The summed E-state index contributed by atoms with van der Waals surface area (Å²) in [5.41, 5.74) is -1.79. The minimum Gasteiger partial charge on any atom is -0.550 e. The molecule has 16 heavy (non-hydrogen) atoms. The Morgan fingerprint density at radius 2 is 1.69 bits per heavy atom. The van der Waals surface area contributed by atoms with Crippen LogP contribution in [0.2, 0.25) is 0 Å². The van der Waals surface area contributed by atoms with Crippen molar-refractivity contribution in [2.45, 2.75) is 40.5 Å². The van der Waals surface area contributed by atoms with E-state index >= 15 is 0 Å². The Balaban J connectivity index is 0. The highest BCUT2D eigenvalue weighted by Crippen LogP contribution is 2.36. The van der Waals surface area contributed by atoms with Gasteiger partial charge >= 0.3 is 5.97 Å². The molecule has 1 unspecified atom stereocenters. The predicted octanol–water partition coefficient (Wildman–Crippen LogP) is 1.19. The maximum Gasteiger partial charge on any atom is 0.311 e. The van der Waals surface area contributed by atoms with Crippen molar-refractivity contribution in [3.05, 3.63) is 7.43 Å². The molecule has 94 valence electrons. The van der Waals surface area contributed by atoms with Gasteiger partial charge in [-0.05, 0) is 26.7 Å². The van der Waals surface area contributed by atoms with Crippen LogP contribution in [0.1, 0.15) is 40.5 Å². The minimum absolute atomic E-state index is 0. The molecule has 0 aliphatic rings. The third kappa shape index (κ3) is 3.76. The summed E-state index contributed by atoms with van der Waals surface area (Å²) in [6.07, 6.45) is 0.640. The summed E-state index contributed by atoms with van der Waals surface area (Å²) >= 11 is 0. The second-order valence-corrected chi connectivity index (χ2v) is 4.75. The van der Waals surface area contributed by atoms with Gasteiger partial charge in [0.2, 0.25) is 0 Å². The largest absolute Gasteiger partial charge is 0.550 e. The fourth-order valence-electron chi connectivity index (χ4n) is 1.67. The first-order chi connectivity index (χ1) is 6.69. The van der Waals surface area contributed by atoms with Crippen molar-refractivity contribution in [1.82, 2.24) is 0 Å².